The van der Waals surface area contributed by atoms with Crippen LogP contribution in [0.1, 0.15) is 0 Å². The molecule has 0 atom stereocenters. The molecule has 0 saturated heterocycles. The summed E-state index contributed by atoms with van der Waals surface area (Å²) in [4.78, 5) is 1.54. The highest BCUT2D eigenvalue weighted by atomic mass is 19.4. The lowest BCUT2D eigenvalue weighted by Gasteiger charge is -2.15. The van der Waals surface area contributed by atoms with Gasteiger partial charge in [0.2, 0.25) is 0 Å². The fraction of sp³-hybridized carbons (Fsp3) is 0.333. The van der Waals surface area contributed by atoms with Crippen LogP contribution < -0.4 is 9.64 Å². The van der Waals surface area contributed by atoms with Crippen molar-refractivity contribution in [1.82, 2.24) is 0 Å². The Kier molecular flexibility index (Phi) is 3.06. The Labute approximate surface area is 84.1 Å². The van der Waals surface area contributed by atoms with Crippen LogP contribution in [-0.2, 0) is 0 Å². The van der Waals surface area contributed by atoms with Crippen molar-refractivity contribution in [3.05, 3.63) is 24.0 Å². The number of alkyl halides is 3. The molecule has 0 spiro atoms. The fourth-order valence-electron chi connectivity index (χ4n) is 0.973. The molecule has 0 N–H and O–H groups in total. The minimum Gasteiger partial charge on any atom is -0.403 e. The molecule has 15 heavy (non-hydrogen) atoms. The maximum atomic E-state index is 12.9. The lowest BCUT2D eigenvalue weighted by molar-refractivity contribution is -0.275. The molecule has 0 amide bonds. The van der Waals surface area contributed by atoms with Gasteiger partial charge < -0.3 is 9.64 Å². The standard InChI is InChI=1S/C9H9F4NO/c1-14(2)6-3-4-7(10)8(5-6)15-9(11,12)13/h3-5H,1-2H3. The van der Waals surface area contributed by atoms with E-state index in [1.54, 1.807) is 19.0 Å². The molecule has 2 nitrogen and oxygen atoms in total. The van der Waals surface area contributed by atoms with Crippen molar-refractivity contribution >= 4 is 5.69 Å². The average molecular weight is 223 g/mol. The van der Waals surface area contributed by atoms with Crippen LogP contribution in [0, 0.1) is 5.82 Å². The number of hydrogen-bond acceptors (Lipinski definition) is 2. The Morgan fingerprint density at radius 1 is 1.20 bits per heavy atom. The first-order chi connectivity index (χ1) is 6.79. The molecular formula is C9H9F4NO. The minimum absolute atomic E-state index is 0.427. The Morgan fingerprint density at radius 3 is 2.27 bits per heavy atom. The van der Waals surface area contributed by atoms with Gasteiger partial charge >= 0.3 is 6.36 Å². The van der Waals surface area contributed by atoms with Crippen LogP contribution in [0.25, 0.3) is 0 Å². The zero-order chi connectivity index (χ0) is 11.6. The number of ether oxygens (including phenoxy) is 1. The summed E-state index contributed by atoms with van der Waals surface area (Å²) in [5.74, 6) is -1.87. The number of rotatable bonds is 2. The number of benzene rings is 1. The van der Waals surface area contributed by atoms with Gasteiger partial charge in [-0.15, -0.1) is 13.2 Å². The zero-order valence-electron chi connectivity index (χ0n) is 8.10. The molecule has 0 saturated carbocycles. The van der Waals surface area contributed by atoms with E-state index in [0.29, 0.717) is 5.69 Å². The van der Waals surface area contributed by atoms with E-state index in [-0.39, 0.29) is 0 Å². The Hall–Kier alpha value is -1.46. The third-order valence-electron chi connectivity index (χ3n) is 1.66. The van der Waals surface area contributed by atoms with Gasteiger partial charge in [-0.3, -0.25) is 0 Å². The van der Waals surface area contributed by atoms with Crippen LogP contribution in [0.4, 0.5) is 23.2 Å². The van der Waals surface area contributed by atoms with Gasteiger partial charge in [0.15, 0.2) is 11.6 Å². The fourth-order valence-corrected chi connectivity index (χ4v) is 0.973. The van der Waals surface area contributed by atoms with Gasteiger partial charge in [-0.05, 0) is 12.1 Å². The molecule has 0 aliphatic carbocycles. The van der Waals surface area contributed by atoms with Gasteiger partial charge in [0.1, 0.15) is 0 Å². The summed E-state index contributed by atoms with van der Waals surface area (Å²) in [7, 11) is 3.26. The molecule has 0 aliphatic rings. The Bertz CT molecular complexity index is 348. The summed E-state index contributed by atoms with van der Waals surface area (Å²) < 4.78 is 52.0. The van der Waals surface area contributed by atoms with E-state index in [1.165, 1.54) is 6.07 Å². The molecule has 1 aromatic rings. The summed E-state index contributed by atoms with van der Waals surface area (Å²) in [5.41, 5.74) is 0.427. The first-order valence-electron chi connectivity index (χ1n) is 4.02. The van der Waals surface area contributed by atoms with Gasteiger partial charge in [0.05, 0.1) is 0 Å². The van der Waals surface area contributed by atoms with Gasteiger partial charge in [0, 0.05) is 25.8 Å². The maximum Gasteiger partial charge on any atom is 0.573 e. The summed E-state index contributed by atoms with van der Waals surface area (Å²) in [6, 6.07) is 3.28. The quantitative estimate of drug-likeness (QED) is 0.715. The SMILES string of the molecule is CN(C)c1ccc(F)c(OC(F)(F)F)c1. The molecule has 0 aromatic heterocycles. The largest absolute Gasteiger partial charge is 0.573 e. The second kappa shape index (κ2) is 3.96. The molecule has 1 aromatic carbocycles. The van der Waals surface area contributed by atoms with Crippen LogP contribution in [-0.4, -0.2) is 20.5 Å². The maximum absolute atomic E-state index is 12.9. The number of anilines is 1. The van der Waals surface area contributed by atoms with Gasteiger partial charge in [0.25, 0.3) is 0 Å². The van der Waals surface area contributed by atoms with Crippen LogP contribution in [0.3, 0.4) is 0 Å². The molecule has 0 bridgehead atoms. The topological polar surface area (TPSA) is 12.5 Å². The lowest BCUT2D eigenvalue weighted by Crippen LogP contribution is -2.18. The highest BCUT2D eigenvalue weighted by Crippen LogP contribution is 2.28. The normalized spacial score (nSPS) is 11.3. The third kappa shape index (κ3) is 3.30. The van der Waals surface area contributed by atoms with E-state index in [4.69, 9.17) is 0 Å². The van der Waals surface area contributed by atoms with Crippen molar-refractivity contribution in [2.45, 2.75) is 6.36 Å². The molecule has 0 radical (unpaired) electrons. The molecule has 6 heteroatoms. The Morgan fingerprint density at radius 2 is 1.80 bits per heavy atom. The van der Waals surface area contributed by atoms with Gasteiger partial charge in [-0.2, -0.15) is 0 Å². The van der Waals surface area contributed by atoms with Crippen molar-refractivity contribution in [2.24, 2.45) is 0 Å². The Balaban J connectivity index is 3.01. The summed E-state index contributed by atoms with van der Waals surface area (Å²) in [6.07, 6.45) is -4.88. The van der Waals surface area contributed by atoms with Crippen molar-refractivity contribution in [2.75, 3.05) is 19.0 Å². The molecule has 0 unspecified atom stereocenters. The highest BCUT2D eigenvalue weighted by molar-refractivity contribution is 5.50. The summed E-state index contributed by atoms with van der Waals surface area (Å²) in [5, 5.41) is 0. The van der Waals surface area contributed by atoms with E-state index < -0.39 is 17.9 Å². The minimum atomic E-state index is -4.88. The molecule has 0 aliphatic heterocycles. The van der Waals surface area contributed by atoms with Gasteiger partial charge in [-0.1, -0.05) is 0 Å². The van der Waals surface area contributed by atoms with E-state index in [1.807, 2.05) is 0 Å². The first kappa shape index (κ1) is 11.6. The summed E-state index contributed by atoms with van der Waals surface area (Å²) in [6.45, 7) is 0. The second-order valence-corrected chi connectivity index (χ2v) is 3.06. The van der Waals surface area contributed by atoms with Crippen molar-refractivity contribution in [3.8, 4) is 5.75 Å². The predicted molar refractivity (Wildman–Crippen MR) is 47.4 cm³/mol. The molecule has 1 rings (SSSR count). The van der Waals surface area contributed by atoms with Crippen LogP contribution in [0.15, 0.2) is 18.2 Å². The first-order valence-corrected chi connectivity index (χ1v) is 4.02. The van der Waals surface area contributed by atoms with Gasteiger partial charge in [-0.25, -0.2) is 4.39 Å². The number of halogens is 4. The van der Waals surface area contributed by atoms with Crippen LogP contribution >= 0.6 is 0 Å². The number of nitrogens with zero attached hydrogens (tertiary/aromatic N) is 1. The molecule has 84 valence electrons. The second-order valence-electron chi connectivity index (χ2n) is 3.06. The monoisotopic (exact) mass is 223 g/mol. The van der Waals surface area contributed by atoms with Crippen molar-refractivity contribution in [3.63, 3.8) is 0 Å². The third-order valence-corrected chi connectivity index (χ3v) is 1.66. The van der Waals surface area contributed by atoms with Crippen LogP contribution in [0.5, 0.6) is 5.75 Å². The smallest absolute Gasteiger partial charge is 0.403 e. The van der Waals surface area contributed by atoms with E-state index >= 15 is 0 Å². The highest BCUT2D eigenvalue weighted by Gasteiger charge is 2.32. The lowest BCUT2D eigenvalue weighted by atomic mass is 10.3. The van der Waals surface area contributed by atoms with E-state index in [0.717, 1.165) is 12.1 Å². The van der Waals surface area contributed by atoms with E-state index in [2.05, 4.69) is 4.74 Å². The summed E-state index contributed by atoms with van der Waals surface area (Å²) >= 11 is 0. The predicted octanol–water partition coefficient (Wildman–Crippen LogP) is 2.79. The average Bonchev–Trinajstić information content (AvgIpc) is 2.06. The zero-order valence-corrected chi connectivity index (χ0v) is 8.10. The van der Waals surface area contributed by atoms with Crippen LogP contribution in [0.2, 0.25) is 0 Å². The van der Waals surface area contributed by atoms with Crippen molar-refractivity contribution < 1.29 is 22.3 Å². The van der Waals surface area contributed by atoms with E-state index in [9.17, 15) is 17.6 Å². The van der Waals surface area contributed by atoms with Crippen molar-refractivity contribution in [1.29, 1.82) is 0 Å². The molecule has 0 heterocycles. The molecular weight excluding hydrogens is 214 g/mol. The number of hydrogen-bond donors (Lipinski definition) is 0. The molecule has 0 fully saturated rings.